The van der Waals surface area contributed by atoms with Crippen LogP contribution in [0.3, 0.4) is 0 Å². The van der Waals surface area contributed by atoms with E-state index >= 15 is 0 Å². The molecule has 0 aliphatic rings. The minimum Gasteiger partial charge on any atom is -0.0622 e. The summed E-state index contributed by atoms with van der Waals surface area (Å²) in [5.41, 5.74) is -1.10. The highest BCUT2D eigenvalue weighted by atomic mass is 14.2. The van der Waals surface area contributed by atoms with Gasteiger partial charge in [-0.3, -0.25) is 0 Å². The summed E-state index contributed by atoms with van der Waals surface area (Å²) in [5, 5.41) is -0.458. The first-order valence-corrected chi connectivity index (χ1v) is 26.5. The third-order valence-corrected chi connectivity index (χ3v) is 15.3. The number of hydrogen-bond donors (Lipinski definition) is 0. The molecule has 0 aliphatic carbocycles. The van der Waals surface area contributed by atoms with Gasteiger partial charge in [0, 0.05) is 0 Å². The Morgan fingerprint density at radius 3 is 1.21 bits per heavy atom. The minimum absolute atomic E-state index is 0.208. The van der Waals surface area contributed by atoms with Crippen molar-refractivity contribution in [3.8, 4) is 66.8 Å². The standard InChI is InChI=1S/C44H26.C40H26/c1-2-6-27(7-3-1)34-24-35(37-20-16-32-14-12-28-8-4-10-30-18-22-39(37)43(32)41(28)30)26-36(25-34)38-21-17-33-15-13-29-9-5-11-31-19-23-40(38)44(33)42(29)31;1-2-12-31-26-32(25-22-27(31)10-1)28-20-23-30(24-21-28)39-35-15-5-7-17-37(35)40(38-18-8-6-16-36(38)39)34-19-9-13-29-11-3-4-14-33(29)34/h1-26H;1-26H/i1D,2D,3D,4D,5D,6D,7D,8D,9D,10D,11D,12D,13D,14D,15D,16D,17D,18D,19D,20D,21D,22D,23D,24D,25D,26D;5D,6D,7D,8D,15D,16D,17D,18D. The van der Waals surface area contributed by atoms with Crippen LogP contribution >= 0.6 is 0 Å². The molecule has 0 N–H and O–H groups in total. The van der Waals surface area contributed by atoms with Crippen LogP contribution in [0.15, 0.2) is 315 Å². The lowest BCUT2D eigenvalue weighted by atomic mass is 9.84. The van der Waals surface area contributed by atoms with Crippen LogP contribution in [0.5, 0.6) is 0 Å². The molecule has 0 fully saturated rings. The zero-order chi connectivity index (χ0) is 84.8. The molecule has 0 saturated heterocycles. The lowest BCUT2D eigenvalue weighted by Gasteiger charge is -2.19. The Bertz CT molecular complexity index is 7310. The van der Waals surface area contributed by atoms with E-state index in [1.807, 2.05) is 84.9 Å². The molecule has 0 amide bonds. The van der Waals surface area contributed by atoms with Crippen LogP contribution in [0.4, 0.5) is 0 Å². The third-order valence-electron chi connectivity index (χ3n) is 15.3. The maximum Gasteiger partial charge on any atom is 0.0636 e. The fourth-order valence-electron chi connectivity index (χ4n) is 11.5. The summed E-state index contributed by atoms with van der Waals surface area (Å²) >= 11 is 0. The summed E-state index contributed by atoms with van der Waals surface area (Å²) in [7, 11) is 0. The van der Waals surface area contributed by atoms with Gasteiger partial charge in [0.15, 0.2) is 0 Å². The minimum atomic E-state index is -1.06. The maximum atomic E-state index is 10.0. The SMILES string of the molecule is [2H]c1c([2H])c([2H])c(-c2c([2H])c(-c3c([2H])c([2H])c4c([2H])c([2H])c5c([2H])c([2H])c([2H])c6c([2H])c([2H])c3c4c56)c([2H])c(-c3c([2H])c([2H])c4c([2H])c([2H])c5c([2H])c([2H])c([2H])c6c([2H])c([2H])c3c4c56)c2[2H])c([2H])c1[2H].[2H]c1c([2H])c([2H])c2c(-c3cccc4ccccc34)c3c([2H])c([2H])c([2H])c([2H])c3c(-c3ccc(-c4ccc5ccccc5c4)cc3)c2c1[2H]. The molecular formula is C84H52. The van der Waals surface area contributed by atoms with Crippen molar-refractivity contribution >= 4 is 108 Å². The van der Waals surface area contributed by atoms with Gasteiger partial charge in [-0.25, -0.2) is 0 Å². The molecule has 388 valence electrons. The van der Waals surface area contributed by atoms with E-state index in [9.17, 15) is 20.6 Å². The molecule has 84 heavy (non-hydrogen) atoms. The van der Waals surface area contributed by atoms with Gasteiger partial charge in [0.25, 0.3) is 0 Å². The van der Waals surface area contributed by atoms with Crippen LogP contribution in [0.1, 0.15) is 46.6 Å². The number of hydrogen-bond acceptors (Lipinski definition) is 0. The van der Waals surface area contributed by atoms with Crippen molar-refractivity contribution < 1.29 is 46.6 Å². The Hall–Kier alpha value is -10.9. The van der Waals surface area contributed by atoms with Crippen LogP contribution in [0, 0.1) is 0 Å². The summed E-state index contributed by atoms with van der Waals surface area (Å²) < 4.78 is 307. The van der Waals surface area contributed by atoms with Crippen LogP contribution < -0.4 is 0 Å². The van der Waals surface area contributed by atoms with Crippen LogP contribution in [0.25, 0.3) is 174 Å². The van der Waals surface area contributed by atoms with Gasteiger partial charge in [-0.1, -0.05) is 290 Å². The first-order valence-electron chi connectivity index (χ1n) is 43.5. The molecule has 0 bridgehead atoms. The molecule has 18 aromatic rings. The monoisotopic (exact) mass is 1090 g/mol. The molecule has 0 aromatic heterocycles. The fourth-order valence-corrected chi connectivity index (χ4v) is 11.5. The van der Waals surface area contributed by atoms with E-state index in [1.165, 1.54) is 0 Å². The second kappa shape index (κ2) is 19.4. The van der Waals surface area contributed by atoms with Crippen molar-refractivity contribution in [1.82, 2.24) is 0 Å². The average molecular weight is 1100 g/mol. The van der Waals surface area contributed by atoms with Gasteiger partial charge in [0.05, 0.1) is 46.6 Å². The molecule has 0 radical (unpaired) electrons. The normalized spacial score (nSPS) is 17.5. The molecular weight excluding hydrogens is 1010 g/mol. The second-order valence-corrected chi connectivity index (χ2v) is 19.9. The quantitative estimate of drug-likeness (QED) is 0.115. The van der Waals surface area contributed by atoms with Crippen LogP contribution in [0.2, 0.25) is 0 Å². The molecule has 0 spiro atoms. The molecule has 0 aliphatic heterocycles. The third kappa shape index (κ3) is 7.76. The van der Waals surface area contributed by atoms with E-state index in [1.54, 1.807) is 0 Å². The van der Waals surface area contributed by atoms with E-state index in [2.05, 4.69) is 24.3 Å². The predicted molar refractivity (Wildman–Crippen MR) is 363 cm³/mol. The summed E-state index contributed by atoms with van der Waals surface area (Å²) in [6.45, 7) is 0. The van der Waals surface area contributed by atoms with Crippen LogP contribution in [-0.4, -0.2) is 0 Å². The summed E-state index contributed by atoms with van der Waals surface area (Å²) in [6.07, 6.45) is 0. The molecule has 18 aromatic carbocycles. The van der Waals surface area contributed by atoms with Gasteiger partial charge in [0.2, 0.25) is 0 Å². The smallest absolute Gasteiger partial charge is 0.0622 e. The van der Waals surface area contributed by atoms with E-state index < -0.39 is 258 Å². The Kier molecular flexibility index (Phi) is 5.78. The lowest BCUT2D eigenvalue weighted by Crippen LogP contribution is -1.91. The summed E-state index contributed by atoms with van der Waals surface area (Å²) in [5.74, 6) is 0. The van der Waals surface area contributed by atoms with Crippen molar-refractivity contribution in [2.45, 2.75) is 0 Å². The molecule has 0 heteroatoms. The molecule has 18 rings (SSSR count). The molecule has 0 nitrogen and oxygen atoms in total. The first kappa shape index (κ1) is 25.1. The van der Waals surface area contributed by atoms with Crippen molar-refractivity contribution in [1.29, 1.82) is 0 Å². The van der Waals surface area contributed by atoms with Crippen molar-refractivity contribution in [3.05, 3.63) is 315 Å². The Labute approximate surface area is 534 Å². The highest BCUT2D eigenvalue weighted by molar-refractivity contribution is 6.28. The largest absolute Gasteiger partial charge is 0.0636 e. The Morgan fingerprint density at radius 1 is 0.190 bits per heavy atom. The van der Waals surface area contributed by atoms with Crippen molar-refractivity contribution in [3.63, 3.8) is 0 Å². The van der Waals surface area contributed by atoms with Gasteiger partial charge in [-0.05, 0) is 199 Å². The zero-order valence-electron chi connectivity index (χ0n) is 77.4. The first-order chi connectivity index (χ1) is 55.8. The Morgan fingerprint density at radius 2 is 0.631 bits per heavy atom. The highest BCUT2D eigenvalue weighted by Gasteiger charge is 2.20. The molecule has 0 unspecified atom stereocenters. The summed E-state index contributed by atoms with van der Waals surface area (Å²) in [6, 6.07) is 10.2. The topological polar surface area (TPSA) is 0 Å². The van der Waals surface area contributed by atoms with Gasteiger partial charge < -0.3 is 0 Å². The Balaban J connectivity index is 0.000000181. The van der Waals surface area contributed by atoms with E-state index in [0.29, 0.717) is 22.3 Å². The second-order valence-electron chi connectivity index (χ2n) is 19.9. The van der Waals surface area contributed by atoms with Gasteiger partial charge in [-0.15, -0.1) is 0 Å². The van der Waals surface area contributed by atoms with Gasteiger partial charge >= 0.3 is 0 Å². The zero-order valence-corrected chi connectivity index (χ0v) is 43.4. The number of rotatable bonds is 6. The van der Waals surface area contributed by atoms with Crippen LogP contribution in [-0.2, 0) is 0 Å². The van der Waals surface area contributed by atoms with Gasteiger partial charge in [-0.2, -0.15) is 0 Å². The van der Waals surface area contributed by atoms with E-state index in [-0.39, 0.29) is 67.3 Å². The lowest BCUT2D eigenvalue weighted by molar-refractivity contribution is 1.59. The predicted octanol–water partition coefficient (Wildman–Crippen LogP) is 23.8. The van der Waals surface area contributed by atoms with E-state index in [0.717, 1.165) is 32.7 Å². The molecule has 0 heterocycles. The highest BCUT2D eigenvalue weighted by Crippen LogP contribution is 2.47. The maximum absolute atomic E-state index is 10.0. The average Bonchev–Trinajstić information content (AvgIpc) is 0.683. The van der Waals surface area contributed by atoms with Crippen molar-refractivity contribution in [2.75, 3.05) is 0 Å². The number of fused-ring (bicyclic) bond motifs is 4. The summed E-state index contributed by atoms with van der Waals surface area (Å²) in [4.78, 5) is 0. The fraction of sp³-hybridized carbons (Fsp3) is 0. The molecule has 0 atom stereocenters. The molecule has 0 saturated carbocycles. The van der Waals surface area contributed by atoms with E-state index in [4.69, 9.17) is 26.0 Å². The van der Waals surface area contributed by atoms with Crippen molar-refractivity contribution in [2.24, 2.45) is 0 Å². The number of benzene rings is 18. The van der Waals surface area contributed by atoms with Gasteiger partial charge in [0.1, 0.15) is 0 Å².